The molecule has 0 saturated heterocycles. The minimum absolute atomic E-state index is 0.0726. The number of amides is 1. The van der Waals surface area contributed by atoms with E-state index in [-0.39, 0.29) is 11.9 Å². The molecule has 1 N–H and O–H groups in total. The van der Waals surface area contributed by atoms with Gasteiger partial charge in [0.1, 0.15) is 17.7 Å². The second-order valence-corrected chi connectivity index (χ2v) is 6.22. The van der Waals surface area contributed by atoms with E-state index in [0.717, 1.165) is 28.2 Å². The Balaban J connectivity index is 1.66. The number of nitrogens with zero attached hydrogens (tertiary/aromatic N) is 4. The molecule has 0 aliphatic carbocycles. The van der Waals surface area contributed by atoms with Gasteiger partial charge in [0.2, 0.25) is 5.91 Å². The minimum Gasteiger partial charge on any atom is -0.344 e. The van der Waals surface area contributed by atoms with Gasteiger partial charge in [-0.05, 0) is 32.4 Å². The third kappa shape index (κ3) is 3.04. The molecule has 24 heavy (non-hydrogen) atoms. The average Bonchev–Trinajstić information content (AvgIpc) is 3.18. The number of nitrogens with one attached hydrogen (secondary N) is 1. The maximum atomic E-state index is 12.6. The molecule has 0 saturated carbocycles. The molecule has 0 bridgehead atoms. The van der Waals surface area contributed by atoms with E-state index < -0.39 is 0 Å². The Morgan fingerprint density at radius 2 is 2.17 bits per heavy atom. The SMILES string of the molecule is Cc1cccc2[nH]c(CCN(C)C(=O)[C@H](C)n3ccnc3C)nc12. The van der Waals surface area contributed by atoms with Crippen molar-refractivity contribution < 1.29 is 4.79 Å². The van der Waals surface area contributed by atoms with Gasteiger partial charge in [0.15, 0.2) is 0 Å². The Hall–Kier alpha value is -2.63. The van der Waals surface area contributed by atoms with Gasteiger partial charge in [0.25, 0.3) is 0 Å². The standard InChI is InChI=1S/C18H23N5O/c1-12-6-5-7-15-17(12)21-16(20-15)8-10-22(4)18(24)13(2)23-11-9-19-14(23)3/h5-7,9,11,13H,8,10H2,1-4H3,(H,20,21)/t13-/m0/s1. The number of carbonyl (C=O) groups is 1. The van der Waals surface area contributed by atoms with Gasteiger partial charge in [-0.1, -0.05) is 12.1 Å². The van der Waals surface area contributed by atoms with Crippen LogP contribution >= 0.6 is 0 Å². The summed E-state index contributed by atoms with van der Waals surface area (Å²) in [7, 11) is 1.83. The third-order valence-corrected chi connectivity index (χ3v) is 4.46. The van der Waals surface area contributed by atoms with E-state index in [1.54, 1.807) is 11.1 Å². The minimum atomic E-state index is -0.254. The summed E-state index contributed by atoms with van der Waals surface area (Å²) in [6.45, 7) is 6.48. The first-order valence-corrected chi connectivity index (χ1v) is 8.16. The van der Waals surface area contributed by atoms with Gasteiger partial charge in [-0.2, -0.15) is 0 Å². The van der Waals surface area contributed by atoms with Gasteiger partial charge in [-0.15, -0.1) is 0 Å². The van der Waals surface area contributed by atoms with Crippen LogP contribution in [0.25, 0.3) is 11.0 Å². The van der Waals surface area contributed by atoms with Gasteiger partial charge < -0.3 is 14.5 Å². The highest BCUT2D eigenvalue weighted by molar-refractivity contribution is 5.80. The van der Waals surface area contributed by atoms with Crippen molar-refractivity contribution in [3.8, 4) is 0 Å². The van der Waals surface area contributed by atoms with Crippen LogP contribution in [0.4, 0.5) is 0 Å². The molecular weight excluding hydrogens is 302 g/mol. The fourth-order valence-corrected chi connectivity index (χ4v) is 2.96. The predicted molar refractivity (Wildman–Crippen MR) is 93.8 cm³/mol. The molecule has 1 aromatic carbocycles. The molecule has 0 spiro atoms. The van der Waals surface area contributed by atoms with Gasteiger partial charge >= 0.3 is 0 Å². The highest BCUT2D eigenvalue weighted by atomic mass is 16.2. The second kappa shape index (κ2) is 6.47. The number of para-hydroxylation sites is 1. The number of likely N-dealkylation sites (N-methyl/N-ethyl adjacent to an activating group) is 1. The van der Waals surface area contributed by atoms with E-state index in [9.17, 15) is 4.79 Å². The molecule has 2 heterocycles. The van der Waals surface area contributed by atoms with Gasteiger partial charge in [0, 0.05) is 32.4 Å². The zero-order chi connectivity index (χ0) is 17.3. The highest BCUT2D eigenvalue weighted by Crippen LogP contribution is 2.16. The third-order valence-electron chi connectivity index (χ3n) is 4.46. The Morgan fingerprint density at radius 1 is 1.38 bits per heavy atom. The van der Waals surface area contributed by atoms with Crippen molar-refractivity contribution in [3.63, 3.8) is 0 Å². The molecule has 6 heteroatoms. The van der Waals surface area contributed by atoms with E-state index in [1.165, 1.54) is 0 Å². The molecule has 6 nitrogen and oxygen atoms in total. The number of rotatable bonds is 5. The molecule has 2 aromatic heterocycles. The van der Waals surface area contributed by atoms with E-state index in [0.29, 0.717) is 13.0 Å². The van der Waals surface area contributed by atoms with Crippen LogP contribution < -0.4 is 0 Å². The van der Waals surface area contributed by atoms with Crippen LogP contribution in [0.2, 0.25) is 0 Å². The van der Waals surface area contributed by atoms with Crippen molar-refractivity contribution >= 4 is 16.9 Å². The second-order valence-electron chi connectivity index (χ2n) is 6.22. The number of hydrogen-bond donors (Lipinski definition) is 1. The van der Waals surface area contributed by atoms with Gasteiger partial charge in [-0.25, -0.2) is 9.97 Å². The lowest BCUT2D eigenvalue weighted by Crippen LogP contribution is -2.34. The topological polar surface area (TPSA) is 66.8 Å². The van der Waals surface area contributed by atoms with Gasteiger partial charge in [-0.3, -0.25) is 4.79 Å². The molecule has 3 rings (SSSR count). The lowest BCUT2D eigenvalue weighted by molar-refractivity contribution is -0.133. The quantitative estimate of drug-likeness (QED) is 0.784. The fraction of sp³-hybridized carbons (Fsp3) is 0.389. The fourth-order valence-electron chi connectivity index (χ4n) is 2.96. The first kappa shape index (κ1) is 16.2. The Kier molecular flexibility index (Phi) is 4.38. The van der Waals surface area contributed by atoms with Gasteiger partial charge in [0.05, 0.1) is 11.0 Å². The number of carbonyl (C=O) groups excluding carboxylic acids is 1. The van der Waals surface area contributed by atoms with Crippen molar-refractivity contribution in [2.75, 3.05) is 13.6 Å². The summed E-state index contributed by atoms with van der Waals surface area (Å²) in [5.41, 5.74) is 3.20. The van der Waals surface area contributed by atoms with Crippen molar-refractivity contribution in [2.45, 2.75) is 33.2 Å². The molecule has 1 amide bonds. The van der Waals surface area contributed by atoms with E-state index in [1.807, 2.05) is 43.8 Å². The molecule has 0 radical (unpaired) electrons. The number of imidazole rings is 2. The van der Waals surface area contributed by atoms with Crippen LogP contribution in [-0.4, -0.2) is 43.9 Å². The van der Waals surface area contributed by atoms with Crippen LogP contribution in [0.15, 0.2) is 30.6 Å². The lowest BCUT2D eigenvalue weighted by atomic mass is 10.2. The summed E-state index contributed by atoms with van der Waals surface area (Å²) in [6.07, 6.45) is 4.26. The highest BCUT2D eigenvalue weighted by Gasteiger charge is 2.20. The van der Waals surface area contributed by atoms with E-state index >= 15 is 0 Å². The number of hydrogen-bond acceptors (Lipinski definition) is 3. The number of aryl methyl sites for hydroxylation is 2. The van der Waals surface area contributed by atoms with E-state index in [4.69, 9.17) is 0 Å². The Morgan fingerprint density at radius 3 is 2.83 bits per heavy atom. The Bertz CT molecular complexity index is 863. The van der Waals surface area contributed by atoms with E-state index in [2.05, 4.69) is 27.9 Å². The van der Waals surface area contributed by atoms with Crippen molar-refractivity contribution in [1.29, 1.82) is 0 Å². The normalized spacial score (nSPS) is 12.5. The number of fused-ring (bicyclic) bond motifs is 1. The summed E-state index contributed by atoms with van der Waals surface area (Å²) in [5.74, 6) is 1.82. The summed E-state index contributed by atoms with van der Waals surface area (Å²) >= 11 is 0. The van der Waals surface area contributed by atoms with Crippen LogP contribution in [0.1, 0.15) is 30.2 Å². The predicted octanol–water partition coefficient (Wildman–Crippen LogP) is 2.64. The first-order chi connectivity index (χ1) is 11.5. The molecule has 126 valence electrons. The smallest absolute Gasteiger partial charge is 0.245 e. The van der Waals surface area contributed by atoms with Crippen LogP contribution in [0, 0.1) is 13.8 Å². The van der Waals surface area contributed by atoms with Crippen molar-refractivity contribution in [3.05, 3.63) is 47.8 Å². The number of aromatic amines is 1. The molecule has 0 unspecified atom stereocenters. The Labute approximate surface area is 141 Å². The molecule has 0 fully saturated rings. The first-order valence-electron chi connectivity index (χ1n) is 8.16. The maximum absolute atomic E-state index is 12.6. The largest absolute Gasteiger partial charge is 0.344 e. The lowest BCUT2D eigenvalue weighted by Gasteiger charge is -2.22. The monoisotopic (exact) mass is 325 g/mol. The van der Waals surface area contributed by atoms with Crippen molar-refractivity contribution in [1.82, 2.24) is 24.4 Å². The van der Waals surface area contributed by atoms with Crippen LogP contribution in [0.5, 0.6) is 0 Å². The number of aromatic nitrogens is 4. The molecule has 0 aliphatic heterocycles. The van der Waals surface area contributed by atoms with Crippen LogP contribution in [-0.2, 0) is 11.2 Å². The molecular formula is C18H23N5O. The average molecular weight is 325 g/mol. The number of H-pyrrole nitrogens is 1. The molecule has 1 atom stereocenters. The summed E-state index contributed by atoms with van der Waals surface area (Å²) in [6, 6.07) is 5.84. The number of benzene rings is 1. The zero-order valence-electron chi connectivity index (χ0n) is 14.6. The molecule has 3 aromatic rings. The summed E-state index contributed by atoms with van der Waals surface area (Å²) in [4.78, 5) is 26.5. The van der Waals surface area contributed by atoms with Crippen molar-refractivity contribution in [2.24, 2.45) is 0 Å². The maximum Gasteiger partial charge on any atom is 0.245 e. The van der Waals surface area contributed by atoms with Crippen LogP contribution in [0.3, 0.4) is 0 Å². The zero-order valence-corrected chi connectivity index (χ0v) is 14.6. The molecule has 0 aliphatic rings. The summed E-state index contributed by atoms with van der Waals surface area (Å²) < 4.78 is 1.89. The summed E-state index contributed by atoms with van der Waals surface area (Å²) in [5, 5.41) is 0.